The van der Waals surface area contributed by atoms with Gasteiger partial charge in [0.2, 0.25) is 0 Å². The fourth-order valence-electron chi connectivity index (χ4n) is 3.98. The first-order valence-electron chi connectivity index (χ1n) is 10.7. The molecule has 2 aromatic heterocycles. The molecule has 1 fully saturated rings. The summed E-state index contributed by atoms with van der Waals surface area (Å²) >= 11 is 0. The van der Waals surface area contributed by atoms with Gasteiger partial charge in [0, 0.05) is 37.7 Å². The highest BCUT2D eigenvalue weighted by Gasteiger charge is 2.26. The minimum Gasteiger partial charge on any atom is -0.491 e. The number of nitrogens with one attached hydrogen (secondary N) is 1. The summed E-state index contributed by atoms with van der Waals surface area (Å²) in [5, 5.41) is 0. The van der Waals surface area contributed by atoms with Crippen LogP contribution in [0.4, 0.5) is 0 Å². The number of methoxy groups -OCH3 is 1. The minimum atomic E-state index is -0.125. The second-order valence-electron chi connectivity index (χ2n) is 7.72. The van der Waals surface area contributed by atoms with Gasteiger partial charge in [-0.3, -0.25) is 14.7 Å². The maximum absolute atomic E-state index is 12.4. The molecule has 7 nitrogen and oxygen atoms in total. The van der Waals surface area contributed by atoms with Crippen LogP contribution >= 0.6 is 0 Å². The Kier molecular flexibility index (Phi) is 7.07. The molecular formula is C24H28N4O3. The van der Waals surface area contributed by atoms with Gasteiger partial charge in [0.25, 0.3) is 5.56 Å². The highest BCUT2D eigenvalue weighted by atomic mass is 16.5. The van der Waals surface area contributed by atoms with Crippen LogP contribution < -0.4 is 10.3 Å². The summed E-state index contributed by atoms with van der Waals surface area (Å²) in [6.45, 7) is 2.90. The summed E-state index contributed by atoms with van der Waals surface area (Å²) in [5.74, 6) is 1.43. The van der Waals surface area contributed by atoms with E-state index in [-0.39, 0.29) is 11.6 Å². The molecule has 0 aliphatic carbocycles. The fraction of sp³-hybridized carbons (Fsp3) is 0.375. The summed E-state index contributed by atoms with van der Waals surface area (Å²) in [6, 6.07) is 13.7. The molecule has 3 heterocycles. The Labute approximate surface area is 182 Å². The minimum absolute atomic E-state index is 0.120. The summed E-state index contributed by atoms with van der Waals surface area (Å²) in [5.41, 5.74) is 2.78. The normalized spacial score (nSPS) is 16.9. The first-order chi connectivity index (χ1) is 15.2. The number of hydrogen-bond donors (Lipinski definition) is 1. The van der Waals surface area contributed by atoms with Crippen LogP contribution in [-0.2, 0) is 11.3 Å². The molecule has 7 heteroatoms. The van der Waals surface area contributed by atoms with Crippen LogP contribution in [0.5, 0.6) is 5.75 Å². The van der Waals surface area contributed by atoms with Crippen molar-refractivity contribution in [3.63, 3.8) is 0 Å². The molecule has 0 saturated carbocycles. The molecule has 1 unspecified atom stereocenters. The molecule has 1 N–H and O–H groups in total. The van der Waals surface area contributed by atoms with E-state index < -0.39 is 0 Å². The second kappa shape index (κ2) is 10.3. The van der Waals surface area contributed by atoms with Crippen LogP contribution in [-0.4, -0.2) is 46.7 Å². The van der Waals surface area contributed by atoms with E-state index in [1.807, 2.05) is 24.3 Å². The molecular weight excluding hydrogens is 392 g/mol. The Bertz CT molecular complexity index is 1020. The number of likely N-dealkylation sites (tertiary alicyclic amines) is 1. The van der Waals surface area contributed by atoms with Gasteiger partial charge in [-0.1, -0.05) is 18.6 Å². The Morgan fingerprint density at radius 2 is 1.90 bits per heavy atom. The van der Waals surface area contributed by atoms with Crippen molar-refractivity contribution in [1.29, 1.82) is 0 Å². The lowest BCUT2D eigenvalue weighted by molar-refractivity contribution is 0.137. The molecule has 1 saturated heterocycles. The summed E-state index contributed by atoms with van der Waals surface area (Å²) in [6.07, 6.45) is 6.68. The molecule has 3 aromatic rings. The van der Waals surface area contributed by atoms with E-state index >= 15 is 0 Å². The van der Waals surface area contributed by atoms with Crippen molar-refractivity contribution < 1.29 is 9.47 Å². The molecule has 0 radical (unpaired) electrons. The number of nitrogens with zero attached hydrogens (tertiary/aromatic N) is 3. The average molecular weight is 421 g/mol. The third-order valence-electron chi connectivity index (χ3n) is 5.54. The largest absolute Gasteiger partial charge is 0.491 e. The SMILES string of the molecule is COCCOc1ccc(CN2CCCCC2c2cc(=O)[nH]c(-c3ccncc3)n2)cc1. The van der Waals surface area contributed by atoms with Gasteiger partial charge in [-0.25, -0.2) is 4.98 Å². The zero-order valence-electron chi connectivity index (χ0n) is 17.8. The number of pyridine rings is 1. The maximum Gasteiger partial charge on any atom is 0.251 e. The molecule has 1 aromatic carbocycles. The third kappa shape index (κ3) is 5.57. The van der Waals surface area contributed by atoms with Gasteiger partial charge >= 0.3 is 0 Å². The van der Waals surface area contributed by atoms with Crippen LogP contribution in [0.25, 0.3) is 11.4 Å². The topological polar surface area (TPSA) is 80.3 Å². The van der Waals surface area contributed by atoms with Crippen molar-refractivity contribution >= 4 is 0 Å². The van der Waals surface area contributed by atoms with E-state index in [0.29, 0.717) is 19.0 Å². The summed E-state index contributed by atoms with van der Waals surface area (Å²) in [4.78, 5) is 26.5. The van der Waals surface area contributed by atoms with Crippen LogP contribution in [0.15, 0.2) is 59.7 Å². The molecule has 0 amide bonds. The van der Waals surface area contributed by atoms with E-state index in [0.717, 1.165) is 49.4 Å². The lowest BCUT2D eigenvalue weighted by Crippen LogP contribution is -2.34. The lowest BCUT2D eigenvalue weighted by Gasteiger charge is -2.35. The summed E-state index contributed by atoms with van der Waals surface area (Å²) < 4.78 is 10.7. The highest BCUT2D eigenvalue weighted by Crippen LogP contribution is 2.31. The van der Waals surface area contributed by atoms with Crippen molar-refractivity contribution in [3.8, 4) is 17.1 Å². The predicted molar refractivity (Wildman–Crippen MR) is 119 cm³/mol. The number of aromatic nitrogens is 3. The van der Waals surface area contributed by atoms with E-state index in [2.05, 4.69) is 27.0 Å². The average Bonchev–Trinajstić information content (AvgIpc) is 2.81. The molecule has 1 aliphatic rings. The quantitative estimate of drug-likeness (QED) is 0.561. The monoisotopic (exact) mass is 420 g/mol. The summed E-state index contributed by atoms with van der Waals surface area (Å²) in [7, 11) is 1.66. The highest BCUT2D eigenvalue weighted by molar-refractivity contribution is 5.53. The molecule has 1 aliphatic heterocycles. The predicted octanol–water partition coefficient (Wildman–Crippen LogP) is 3.58. The van der Waals surface area contributed by atoms with Crippen molar-refractivity contribution in [2.75, 3.05) is 26.9 Å². The Morgan fingerprint density at radius 1 is 1.10 bits per heavy atom. The number of rotatable bonds is 8. The van der Waals surface area contributed by atoms with Crippen LogP contribution in [0.3, 0.4) is 0 Å². The van der Waals surface area contributed by atoms with Gasteiger partial charge in [-0.2, -0.15) is 0 Å². The van der Waals surface area contributed by atoms with Crippen molar-refractivity contribution in [3.05, 3.63) is 76.5 Å². The van der Waals surface area contributed by atoms with Gasteiger partial charge in [-0.05, 0) is 49.2 Å². The molecule has 162 valence electrons. The van der Waals surface area contributed by atoms with Crippen molar-refractivity contribution in [2.45, 2.75) is 31.8 Å². The van der Waals surface area contributed by atoms with Gasteiger partial charge in [0.05, 0.1) is 18.3 Å². The smallest absolute Gasteiger partial charge is 0.251 e. The zero-order valence-corrected chi connectivity index (χ0v) is 17.8. The van der Waals surface area contributed by atoms with Gasteiger partial charge in [-0.15, -0.1) is 0 Å². The lowest BCUT2D eigenvalue weighted by atomic mass is 9.98. The van der Waals surface area contributed by atoms with Gasteiger partial charge in [0.1, 0.15) is 18.2 Å². The Morgan fingerprint density at radius 3 is 2.68 bits per heavy atom. The van der Waals surface area contributed by atoms with E-state index in [1.54, 1.807) is 25.6 Å². The van der Waals surface area contributed by atoms with Crippen LogP contribution in [0.1, 0.15) is 36.6 Å². The fourth-order valence-corrected chi connectivity index (χ4v) is 3.98. The second-order valence-corrected chi connectivity index (χ2v) is 7.72. The van der Waals surface area contributed by atoms with Crippen molar-refractivity contribution in [1.82, 2.24) is 19.9 Å². The van der Waals surface area contributed by atoms with Crippen molar-refractivity contribution in [2.24, 2.45) is 0 Å². The number of hydrogen-bond acceptors (Lipinski definition) is 6. The number of benzene rings is 1. The van der Waals surface area contributed by atoms with Crippen LogP contribution in [0, 0.1) is 0 Å². The number of aromatic amines is 1. The molecule has 31 heavy (non-hydrogen) atoms. The molecule has 1 atom stereocenters. The Balaban J connectivity index is 1.52. The number of ether oxygens (including phenoxy) is 2. The maximum atomic E-state index is 12.4. The Hall–Kier alpha value is -3.03. The first kappa shape index (κ1) is 21.2. The first-order valence-corrected chi connectivity index (χ1v) is 10.7. The van der Waals surface area contributed by atoms with E-state index in [1.165, 1.54) is 5.56 Å². The van der Waals surface area contributed by atoms with Gasteiger partial charge < -0.3 is 14.5 Å². The third-order valence-corrected chi connectivity index (χ3v) is 5.54. The number of piperidine rings is 1. The van der Waals surface area contributed by atoms with Crippen LogP contribution in [0.2, 0.25) is 0 Å². The van der Waals surface area contributed by atoms with Gasteiger partial charge in [0.15, 0.2) is 0 Å². The zero-order chi connectivity index (χ0) is 21.5. The molecule has 0 bridgehead atoms. The molecule has 4 rings (SSSR count). The standard InChI is InChI=1S/C24H28N4O3/c1-30-14-15-31-20-7-5-18(6-8-20)17-28-13-3-2-4-22(28)21-16-23(29)27-24(26-21)19-9-11-25-12-10-19/h5-12,16,22H,2-4,13-15,17H2,1H3,(H,26,27,29). The molecule has 0 spiro atoms. The van der Waals surface area contributed by atoms with E-state index in [9.17, 15) is 4.79 Å². The number of H-pyrrole nitrogens is 1. The van der Waals surface area contributed by atoms with E-state index in [4.69, 9.17) is 14.5 Å².